The van der Waals surface area contributed by atoms with Gasteiger partial charge < -0.3 is 14.2 Å². The molecule has 0 saturated carbocycles. The van der Waals surface area contributed by atoms with Crippen LogP contribution < -0.4 is 9.47 Å². The van der Waals surface area contributed by atoms with E-state index in [4.69, 9.17) is 14.2 Å². The summed E-state index contributed by atoms with van der Waals surface area (Å²) in [5.41, 5.74) is 4.42. The molecule has 0 N–H and O–H groups in total. The van der Waals surface area contributed by atoms with Crippen LogP contribution in [0.2, 0.25) is 0 Å². The Morgan fingerprint density at radius 2 is 1.62 bits per heavy atom. The van der Waals surface area contributed by atoms with Crippen molar-refractivity contribution < 1.29 is 19.0 Å². The summed E-state index contributed by atoms with van der Waals surface area (Å²) in [5.74, 6) is 2.04. The quantitative estimate of drug-likeness (QED) is 0.119. The fourth-order valence-electron chi connectivity index (χ4n) is 4.44. The molecule has 0 unspecified atom stereocenters. The maximum atomic E-state index is 11.7. The van der Waals surface area contributed by atoms with Crippen molar-refractivity contribution in [3.63, 3.8) is 0 Å². The first-order chi connectivity index (χ1) is 18.1. The van der Waals surface area contributed by atoms with E-state index in [-0.39, 0.29) is 5.97 Å². The van der Waals surface area contributed by atoms with Crippen molar-refractivity contribution in [2.75, 3.05) is 13.7 Å². The number of hydrogen-bond acceptors (Lipinski definition) is 4. The van der Waals surface area contributed by atoms with Crippen LogP contribution in [0.15, 0.2) is 84.9 Å². The molecule has 0 saturated heterocycles. The molecule has 4 rings (SSSR count). The molecule has 4 aromatic rings. The predicted octanol–water partition coefficient (Wildman–Crippen LogP) is 8.62. The van der Waals surface area contributed by atoms with E-state index in [0.717, 1.165) is 57.6 Å². The van der Waals surface area contributed by atoms with E-state index in [9.17, 15) is 4.79 Å². The molecule has 4 heteroatoms. The van der Waals surface area contributed by atoms with Crippen LogP contribution in [-0.2, 0) is 16.0 Å². The van der Waals surface area contributed by atoms with E-state index in [1.54, 1.807) is 20.1 Å². The molecule has 0 aromatic heterocycles. The number of unbranched alkanes of at least 4 members (excludes halogenated alkanes) is 2. The van der Waals surface area contributed by atoms with Gasteiger partial charge in [0, 0.05) is 17.0 Å². The number of esters is 1. The van der Waals surface area contributed by atoms with Crippen LogP contribution >= 0.6 is 0 Å². The normalized spacial score (nSPS) is 11.1. The van der Waals surface area contributed by atoms with Gasteiger partial charge in [-0.05, 0) is 78.2 Å². The molecule has 0 bridgehead atoms. The Hall–Kier alpha value is -4.05. The summed E-state index contributed by atoms with van der Waals surface area (Å²) in [4.78, 5) is 11.7. The van der Waals surface area contributed by atoms with Crippen molar-refractivity contribution >= 4 is 22.8 Å². The molecule has 37 heavy (non-hydrogen) atoms. The summed E-state index contributed by atoms with van der Waals surface area (Å²) in [6, 6.07) is 26.6. The lowest BCUT2D eigenvalue weighted by Gasteiger charge is -2.19. The maximum absolute atomic E-state index is 11.7. The van der Waals surface area contributed by atoms with Crippen molar-refractivity contribution in [2.45, 2.75) is 39.5 Å². The van der Waals surface area contributed by atoms with Crippen molar-refractivity contribution in [3.8, 4) is 28.4 Å². The zero-order chi connectivity index (χ0) is 26.0. The minimum atomic E-state index is -0.350. The third-order valence-corrected chi connectivity index (χ3v) is 6.29. The molecule has 0 radical (unpaired) electrons. The Morgan fingerprint density at radius 1 is 0.865 bits per heavy atom. The SMILES string of the molecule is CCCCCc1cc2cc(OC)ccc2c(Oc2ccc(C=CC(=O)OCC)cc2)c1-c1ccccc1. The molecule has 0 spiro atoms. The van der Waals surface area contributed by atoms with Crippen LogP contribution in [0.1, 0.15) is 44.2 Å². The summed E-state index contributed by atoms with van der Waals surface area (Å²) < 4.78 is 17.1. The number of carbonyl (C=O) groups excluding carboxylic acids is 1. The number of rotatable bonds is 11. The maximum Gasteiger partial charge on any atom is 0.330 e. The second kappa shape index (κ2) is 12.8. The zero-order valence-corrected chi connectivity index (χ0v) is 21.8. The number of fused-ring (bicyclic) bond motifs is 1. The van der Waals surface area contributed by atoms with Crippen LogP contribution in [0.3, 0.4) is 0 Å². The fraction of sp³-hybridized carbons (Fsp3) is 0.242. The van der Waals surface area contributed by atoms with Gasteiger partial charge >= 0.3 is 5.97 Å². The van der Waals surface area contributed by atoms with Gasteiger partial charge in [-0.15, -0.1) is 0 Å². The fourth-order valence-corrected chi connectivity index (χ4v) is 4.44. The van der Waals surface area contributed by atoms with Gasteiger partial charge in [0.1, 0.15) is 17.2 Å². The standard InChI is InChI=1S/C33H34O4/c1-4-6-8-13-26-22-27-23-29(35-3)19-20-30(27)33(32(26)25-11-9-7-10-12-25)37-28-17-14-24(15-18-28)16-21-31(34)36-5-2/h7,9-12,14-23H,4-6,8,13H2,1-3H3. The Kier molecular flexibility index (Phi) is 8.98. The molecule has 0 amide bonds. The van der Waals surface area contributed by atoms with Crippen LogP contribution in [0.25, 0.3) is 28.0 Å². The summed E-state index contributed by atoms with van der Waals surface area (Å²) in [6.45, 7) is 4.38. The first-order valence-electron chi connectivity index (χ1n) is 12.9. The third-order valence-electron chi connectivity index (χ3n) is 6.29. The topological polar surface area (TPSA) is 44.8 Å². The van der Waals surface area contributed by atoms with E-state index in [1.165, 1.54) is 24.5 Å². The minimum absolute atomic E-state index is 0.350. The lowest BCUT2D eigenvalue weighted by Crippen LogP contribution is -1.98. The van der Waals surface area contributed by atoms with Crippen LogP contribution in [0.5, 0.6) is 17.2 Å². The van der Waals surface area contributed by atoms with E-state index < -0.39 is 0 Å². The van der Waals surface area contributed by atoms with E-state index in [0.29, 0.717) is 6.61 Å². The lowest BCUT2D eigenvalue weighted by molar-refractivity contribution is -0.137. The number of aryl methyl sites for hydroxylation is 1. The average molecular weight is 495 g/mol. The highest BCUT2D eigenvalue weighted by Crippen LogP contribution is 2.43. The Balaban J connectivity index is 1.79. The number of hydrogen-bond donors (Lipinski definition) is 0. The van der Waals surface area contributed by atoms with Gasteiger partial charge in [0.15, 0.2) is 0 Å². The molecule has 0 heterocycles. The van der Waals surface area contributed by atoms with Crippen LogP contribution in [0, 0.1) is 0 Å². The van der Waals surface area contributed by atoms with Gasteiger partial charge in [-0.1, -0.05) is 68.3 Å². The molecular weight excluding hydrogens is 460 g/mol. The van der Waals surface area contributed by atoms with E-state index >= 15 is 0 Å². The van der Waals surface area contributed by atoms with Crippen molar-refractivity contribution in [1.29, 1.82) is 0 Å². The summed E-state index contributed by atoms with van der Waals surface area (Å²) in [6.07, 6.45) is 7.62. The summed E-state index contributed by atoms with van der Waals surface area (Å²) >= 11 is 0. The zero-order valence-electron chi connectivity index (χ0n) is 21.8. The van der Waals surface area contributed by atoms with Gasteiger partial charge in [0.05, 0.1) is 13.7 Å². The Bertz CT molecular complexity index is 1350. The van der Waals surface area contributed by atoms with Crippen molar-refractivity contribution in [3.05, 3.63) is 96.1 Å². The first-order valence-corrected chi connectivity index (χ1v) is 12.9. The molecular formula is C33H34O4. The molecule has 0 aliphatic rings. The monoisotopic (exact) mass is 494 g/mol. The molecule has 0 aliphatic carbocycles. The highest BCUT2D eigenvalue weighted by molar-refractivity contribution is 5.98. The molecule has 4 aromatic carbocycles. The molecule has 0 atom stereocenters. The average Bonchev–Trinajstić information content (AvgIpc) is 2.93. The molecule has 0 fully saturated rings. The minimum Gasteiger partial charge on any atom is -0.497 e. The Labute approximate surface area is 219 Å². The highest BCUT2D eigenvalue weighted by atomic mass is 16.5. The highest BCUT2D eigenvalue weighted by Gasteiger charge is 2.18. The largest absolute Gasteiger partial charge is 0.497 e. The number of carbonyl (C=O) groups is 1. The lowest BCUT2D eigenvalue weighted by atomic mass is 9.91. The smallest absolute Gasteiger partial charge is 0.330 e. The Morgan fingerprint density at radius 3 is 2.32 bits per heavy atom. The number of benzene rings is 4. The van der Waals surface area contributed by atoms with Crippen molar-refractivity contribution in [1.82, 2.24) is 0 Å². The second-order valence-electron chi connectivity index (χ2n) is 8.91. The van der Waals surface area contributed by atoms with Gasteiger partial charge in [0.2, 0.25) is 0 Å². The number of methoxy groups -OCH3 is 1. The molecule has 0 aliphatic heterocycles. The van der Waals surface area contributed by atoms with Gasteiger partial charge in [0.25, 0.3) is 0 Å². The van der Waals surface area contributed by atoms with E-state index in [1.807, 2.05) is 36.4 Å². The predicted molar refractivity (Wildman–Crippen MR) is 151 cm³/mol. The number of ether oxygens (including phenoxy) is 3. The molecule has 4 nitrogen and oxygen atoms in total. The second-order valence-corrected chi connectivity index (χ2v) is 8.91. The van der Waals surface area contributed by atoms with Gasteiger partial charge in [-0.25, -0.2) is 4.79 Å². The third kappa shape index (κ3) is 6.59. The first kappa shape index (κ1) is 26.0. The van der Waals surface area contributed by atoms with E-state index in [2.05, 4.69) is 49.4 Å². The molecule has 190 valence electrons. The summed E-state index contributed by atoms with van der Waals surface area (Å²) in [5, 5.41) is 2.12. The van der Waals surface area contributed by atoms with Crippen LogP contribution in [0.4, 0.5) is 0 Å². The van der Waals surface area contributed by atoms with Gasteiger partial charge in [-0.3, -0.25) is 0 Å². The summed E-state index contributed by atoms with van der Waals surface area (Å²) in [7, 11) is 1.69. The van der Waals surface area contributed by atoms with Gasteiger partial charge in [-0.2, -0.15) is 0 Å². The van der Waals surface area contributed by atoms with Crippen molar-refractivity contribution in [2.24, 2.45) is 0 Å². The van der Waals surface area contributed by atoms with Crippen LogP contribution in [-0.4, -0.2) is 19.7 Å².